The average molecular weight is 290 g/mol. The van der Waals surface area contributed by atoms with Crippen molar-refractivity contribution in [3.63, 3.8) is 0 Å². The van der Waals surface area contributed by atoms with E-state index in [4.69, 9.17) is 0 Å². The molecule has 21 heavy (non-hydrogen) atoms. The molecule has 1 aromatic rings. The molecule has 1 fully saturated rings. The van der Waals surface area contributed by atoms with Gasteiger partial charge in [-0.05, 0) is 36.7 Å². The molecule has 1 aliphatic rings. The first kappa shape index (κ1) is 16.0. The maximum Gasteiger partial charge on any atom is 0.269 e. The summed E-state index contributed by atoms with van der Waals surface area (Å²) in [4.78, 5) is 10.6. The molecule has 0 saturated heterocycles. The van der Waals surface area contributed by atoms with Gasteiger partial charge < -0.3 is 5.32 Å². The van der Waals surface area contributed by atoms with Gasteiger partial charge in [-0.2, -0.15) is 0 Å². The zero-order chi connectivity index (χ0) is 15.3. The summed E-state index contributed by atoms with van der Waals surface area (Å²) in [6.07, 6.45) is 7.45. The van der Waals surface area contributed by atoms with Crippen LogP contribution in [-0.2, 0) is 0 Å². The van der Waals surface area contributed by atoms with Gasteiger partial charge in [0.1, 0.15) is 0 Å². The summed E-state index contributed by atoms with van der Waals surface area (Å²) in [5, 5.41) is 14.6. The van der Waals surface area contributed by atoms with Crippen molar-refractivity contribution in [3.8, 4) is 0 Å². The number of benzene rings is 1. The van der Waals surface area contributed by atoms with Crippen LogP contribution in [0.15, 0.2) is 24.3 Å². The first-order valence-corrected chi connectivity index (χ1v) is 8.08. The van der Waals surface area contributed by atoms with Gasteiger partial charge in [0.05, 0.1) is 4.92 Å². The normalized spacial score (nSPS) is 18.6. The third-order valence-electron chi connectivity index (χ3n) is 5.03. The van der Waals surface area contributed by atoms with Crippen molar-refractivity contribution in [2.45, 2.75) is 58.4 Å². The number of nitrogens with zero attached hydrogens (tertiary/aromatic N) is 1. The summed E-state index contributed by atoms with van der Waals surface area (Å²) in [5.41, 5.74) is 1.64. The van der Waals surface area contributed by atoms with Crippen LogP contribution in [0.5, 0.6) is 0 Å². The molecule has 1 aromatic carbocycles. The lowest BCUT2D eigenvalue weighted by Gasteiger charge is -2.30. The van der Waals surface area contributed by atoms with Crippen LogP contribution >= 0.6 is 0 Å². The first-order chi connectivity index (χ1) is 10.1. The molecule has 0 heterocycles. The lowest BCUT2D eigenvalue weighted by Crippen LogP contribution is -2.34. The van der Waals surface area contributed by atoms with E-state index < -0.39 is 0 Å². The Morgan fingerprint density at radius 2 is 2.05 bits per heavy atom. The van der Waals surface area contributed by atoms with Gasteiger partial charge in [-0.25, -0.2) is 0 Å². The van der Waals surface area contributed by atoms with Crippen LogP contribution < -0.4 is 5.32 Å². The Kier molecular flexibility index (Phi) is 5.34. The molecule has 1 unspecified atom stereocenters. The molecule has 2 rings (SSSR count). The van der Waals surface area contributed by atoms with Crippen molar-refractivity contribution in [2.24, 2.45) is 5.41 Å². The predicted molar refractivity (Wildman–Crippen MR) is 85.3 cm³/mol. The fraction of sp³-hybridized carbons (Fsp3) is 0.647. The highest BCUT2D eigenvalue weighted by Gasteiger charge is 2.32. The summed E-state index contributed by atoms with van der Waals surface area (Å²) in [6.45, 7) is 5.43. The Bertz CT molecular complexity index is 481. The second kappa shape index (κ2) is 7.03. The molecule has 4 heteroatoms. The fourth-order valence-electron chi connectivity index (χ4n) is 3.47. The van der Waals surface area contributed by atoms with E-state index in [2.05, 4.69) is 19.2 Å². The minimum atomic E-state index is -0.319. The van der Waals surface area contributed by atoms with Gasteiger partial charge in [0.15, 0.2) is 0 Å². The molecule has 0 aromatic heterocycles. The molecule has 1 N–H and O–H groups in total. The first-order valence-electron chi connectivity index (χ1n) is 8.08. The van der Waals surface area contributed by atoms with E-state index in [1.165, 1.54) is 32.1 Å². The predicted octanol–water partition coefficient (Wildman–Crippen LogP) is 4.61. The Labute approximate surface area is 127 Å². The topological polar surface area (TPSA) is 55.2 Å². The zero-order valence-electron chi connectivity index (χ0n) is 13.1. The smallest absolute Gasteiger partial charge is 0.269 e. The Morgan fingerprint density at radius 3 is 2.62 bits per heavy atom. The van der Waals surface area contributed by atoms with Gasteiger partial charge in [0, 0.05) is 24.7 Å². The molecule has 116 valence electrons. The van der Waals surface area contributed by atoms with E-state index in [-0.39, 0.29) is 16.7 Å². The Morgan fingerprint density at radius 1 is 1.33 bits per heavy atom. The van der Waals surface area contributed by atoms with Crippen molar-refractivity contribution in [1.82, 2.24) is 5.32 Å². The van der Waals surface area contributed by atoms with E-state index in [1.807, 2.05) is 6.07 Å². The van der Waals surface area contributed by atoms with E-state index in [0.29, 0.717) is 5.41 Å². The highest BCUT2D eigenvalue weighted by molar-refractivity contribution is 5.35. The zero-order valence-corrected chi connectivity index (χ0v) is 13.1. The number of rotatable bonds is 7. The van der Waals surface area contributed by atoms with Crippen LogP contribution in [0.4, 0.5) is 5.69 Å². The number of non-ortho nitro benzene ring substituents is 1. The van der Waals surface area contributed by atoms with Gasteiger partial charge in [-0.15, -0.1) is 0 Å². The number of nitro benzene ring substituents is 1. The van der Waals surface area contributed by atoms with E-state index >= 15 is 0 Å². The van der Waals surface area contributed by atoms with E-state index in [1.54, 1.807) is 18.2 Å². The van der Waals surface area contributed by atoms with Gasteiger partial charge in [-0.1, -0.05) is 38.8 Å². The van der Waals surface area contributed by atoms with Gasteiger partial charge in [0.2, 0.25) is 0 Å². The summed E-state index contributed by atoms with van der Waals surface area (Å²) in [7, 11) is 0. The Balaban J connectivity index is 2.06. The monoisotopic (exact) mass is 290 g/mol. The quantitative estimate of drug-likeness (QED) is 0.589. The largest absolute Gasteiger partial charge is 0.309 e. The molecule has 0 spiro atoms. The molecule has 4 nitrogen and oxygen atoms in total. The van der Waals surface area contributed by atoms with Gasteiger partial charge in [-0.3, -0.25) is 10.1 Å². The third kappa shape index (κ3) is 3.82. The van der Waals surface area contributed by atoms with Crippen LogP contribution in [0.2, 0.25) is 0 Å². The highest BCUT2D eigenvalue weighted by Crippen LogP contribution is 2.40. The Hall–Kier alpha value is -1.42. The molecule has 1 atom stereocenters. The van der Waals surface area contributed by atoms with Gasteiger partial charge >= 0.3 is 0 Å². The molecular weight excluding hydrogens is 264 g/mol. The van der Waals surface area contributed by atoms with E-state index in [0.717, 1.165) is 18.5 Å². The standard InChI is InChI=1S/C17H26N2O2/c1-3-16(14-8-7-9-15(12-14)19(20)21)18-13-17(4-2)10-5-6-11-17/h7-9,12,16,18H,3-6,10-11,13H2,1-2H3. The second-order valence-corrected chi connectivity index (χ2v) is 6.25. The second-order valence-electron chi connectivity index (χ2n) is 6.25. The van der Waals surface area contributed by atoms with Crippen molar-refractivity contribution in [3.05, 3.63) is 39.9 Å². The molecule has 1 saturated carbocycles. The number of hydrogen-bond acceptors (Lipinski definition) is 3. The number of nitro groups is 1. The lowest BCUT2D eigenvalue weighted by atomic mass is 9.83. The van der Waals surface area contributed by atoms with Crippen LogP contribution in [0.3, 0.4) is 0 Å². The molecular formula is C17H26N2O2. The summed E-state index contributed by atoms with van der Waals surface area (Å²) in [5.74, 6) is 0. The molecule has 0 bridgehead atoms. The van der Waals surface area contributed by atoms with Crippen molar-refractivity contribution in [1.29, 1.82) is 0 Å². The minimum Gasteiger partial charge on any atom is -0.309 e. The summed E-state index contributed by atoms with van der Waals surface area (Å²) >= 11 is 0. The van der Waals surface area contributed by atoms with Crippen molar-refractivity contribution < 1.29 is 4.92 Å². The van der Waals surface area contributed by atoms with Gasteiger partial charge in [0.25, 0.3) is 5.69 Å². The summed E-state index contributed by atoms with van der Waals surface area (Å²) < 4.78 is 0. The van der Waals surface area contributed by atoms with Crippen molar-refractivity contribution >= 4 is 5.69 Å². The SMILES string of the molecule is CCC(NCC1(CC)CCCC1)c1cccc([N+](=O)[O-])c1. The molecule has 0 aliphatic heterocycles. The maximum absolute atomic E-state index is 10.9. The van der Waals surface area contributed by atoms with Crippen LogP contribution in [0, 0.1) is 15.5 Å². The fourth-order valence-corrected chi connectivity index (χ4v) is 3.47. The van der Waals surface area contributed by atoms with Crippen molar-refractivity contribution in [2.75, 3.05) is 6.54 Å². The van der Waals surface area contributed by atoms with Crippen LogP contribution in [0.25, 0.3) is 0 Å². The number of hydrogen-bond donors (Lipinski definition) is 1. The highest BCUT2D eigenvalue weighted by atomic mass is 16.6. The maximum atomic E-state index is 10.9. The lowest BCUT2D eigenvalue weighted by molar-refractivity contribution is -0.384. The minimum absolute atomic E-state index is 0.179. The summed E-state index contributed by atoms with van der Waals surface area (Å²) in [6, 6.07) is 7.23. The third-order valence-corrected chi connectivity index (χ3v) is 5.03. The number of nitrogens with one attached hydrogen (secondary N) is 1. The van der Waals surface area contributed by atoms with Crippen LogP contribution in [0.1, 0.15) is 64.0 Å². The molecule has 0 amide bonds. The van der Waals surface area contributed by atoms with Crippen LogP contribution in [-0.4, -0.2) is 11.5 Å². The van der Waals surface area contributed by atoms with E-state index in [9.17, 15) is 10.1 Å². The average Bonchev–Trinajstić information content (AvgIpc) is 2.97. The molecule has 0 radical (unpaired) electrons. The molecule has 1 aliphatic carbocycles.